The van der Waals surface area contributed by atoms with Gasteiger partial charge in [0.1, 0.15) is 5.54 Å². The molecule has 4 N–H and O–H groups in total. The number of hydrogen-bond donors (Lipinski definition) is 4. The van der Waals surface area contributed by atoms with Crippen molar-refractivity contribution in [3.63, 3.8) is 0 Å². The lowest BCUT2D eigenvalue weighted by molar-refractivity contribution is -0.144. The molecule has 0 aromatic heterocycles. The lowest BCUT2D eigenvalue weighted by atomic mass is 9.98. The van der Waals surface area contributed by atoms with E-state index in [9.17, 15) is 19.5 Å². The second-order valence-corrected chi connectivity index (χ2v) is 5.28. The van der Waals surface area contributed by atoms with Gasteiger partial charge in [0, 0.05) is 6.04 Å². The van der Waals surface area contributed by atoms with E-state index in [2.05, 4.69) is 16.0 Å². The summed E-state index contributed by atoms with van der Waals surface area (Å²) in [6.07, 6.45) is 3.21. The van der Waals surface area contributed by atoms with E-state index >= 15 is 0 Å². The summed E-state index contributed by atoms with van der Waals surface area (Å²) in [4.78, 5) is 34.5. The maximum Gasteiger partial charge on any atom is 0.329 e. The van der Waals surface area contributed by atoms with Crippen LogP contribution in [-0.2, 0) is 9.59 Å². The third kappa shape index (κ3) is 4.40. The van der Waals surface area contributed by atoms with Crippen LogP contribution in [0.1, 0.15) is 46.0 Å². The number of hydrogen-bond acceptors (Lipinski definition) is 3. The van der Waals surface area contributed by atoms with Crippen LogP contribution in [0.5, 0.6) is 0 Å². The largest absolute Gasteiger partial charge is 0.480 e. The first-order valence-corrected chi connectivity index (χ1v) is 6.98. The Morgan fingerprint density at radius 2 is 1.85 bits per heavy atom. The predicted octanol–water partition coefficient (Wildman–Crippen LogP) is 0.598. The minimum absolute atomic E-state index is 0.0487. The van der Waals surface area contributed by atoms with Gasteiger partial charge >= 0.3 is 12.0 Å². The normalized spacial score (nSPS) is 18.1. The highest BCUT2D eigenvalue weighted by molar-refractivity contribution is 5.88. The zero-order chi connectivity index (χ0) is 15.2. The lowest BCUT2D eigenvalue weighted by Crippen LogP contribution is -2.56. The fraction of sp³-hybridized carbons (Fsp3) is 0.769. The van der Waals surface area contributed by atoms with E-state index in [0.29, 0.717) is 12.8 Å². The summed E-state index contributed by atoms with van der Waals surface area (Å²) in [5, 5.41) is 16.8. The first-order chi connectivity index (χ1) is 9.39. The topological polar surface area (TPSA) is 108 Å². The van der Waals surface area contributed by atoms with Gasteiger partial charge in [-0.15, -0.1) is 0 Å². The molecule has 0 spiro atoms. The molecule has 1 atom stereocenters. The van der Waals surface area contributed by atoms with Crippen molar-refractivity contribution in [2.75, 3.05) is 6.54 Å². The van der Waals surface area contributed by atoms with Crippen LogP contribution in [0.4, 0.5) is 4.79 Å². The molecule has 1 aliphatic rings. The fourth-order valence-corrected chi connectivity index (χ4v) is 2.22. The average Bonchev–Trinajstić information content (AvgIpc) is 2.86. The number of carbonyl (C=O) groups excluding carboxylic acids is 2. The van der Waals surface area contributed by atoms with Gasteiger partial charge in [-0.1, -0.05) is 19.8 Å². The number of urea groups is 1. The van der Waals surface area contributed by atoms with Crippen LogP contribution >= 0.6 is 0 Å². The molecule has 1 fully saturated rings. The van der Waals surface area contributed by atoms with Crippen molar-refractivity contribution in [3.05, 3.63) is 0 Å². The third-order valence-electron chi connectivity index (χ3n) is 3.65. The van der Waals surface area contributed by atoms with Gasteiger partial charge in [0.05, 0.1) is 6.54 Å². The van der Waals surface area contributed by atoms with E-state index in [1.165, 1.54) is 0 Å². The van der Waals surface area contributed by atoms with E-state index in [-0.39, 0.29) is 18.5 Å². The van der Waals surface area contributed by atoms with Gasteiger partial charge in [0.2, 0.25) is 5.91 Å². The van der Waals surface area contributed by atoms with Crippen LogP contribution in [0, 0.1) is 0 Å². The summed E-state index contributed by atoms with van der Waals surface area (Å²) in [6.45, 7) is 3.66. The molecule has 114 valence electrons. The molecule has 0 saturated heterocycles. The summed E-state index contributed by atoms with van der Waals surface area (Å²) < 4.78 is 0. The Labute approximate surface area is 118 Å². The molecule has 1 aliphatic carbocycles. The maximum absolute atomic E-state index is 11.7. The molecule has 0 radical (unpaired) electrons. The standard InChI is InChI=1S/C13H23N3O4/c1-3-9(2)15-10(17)8-14-12(20)16-13(11(18)19)6-4-5-7-13/h9H,3-8H2,1-2H3,(H,15,17)(H,18,19)(H2,14,16,20). The van der Waals surface area contributed by atoms with Crippen molar-refractivity contribution in [2.24, 2.45) is 0 Å². The minimum atomic E-state index is -1.18. The van der Waals surface area contributed by atoms with Crippen molar-refractivity contribution in [3.8, 4) is 0 Å². The van der Waals surface area contributed by atoms with E-state index in [1.807, 2.05) is 13.8 Å². The van der Waals surface area contributed by atoms with E-state index in [0.717, 1.165) is 19.3 Å². The van der Waals surface area contributed by atoms with Crippen LogP contribution in [0.3, 0.4) is 0 Å². The molecule has 0 aromatic carbocycles. The quantitative estimate of drug-likeness (QED) is 0.573. The molecule has 1 unspecified atom stereocenters. The Kier molecular flexibility index (Phi) is 5.79. The Morgan fingerprint density at radius 3 is 2.35 bits per heavy atom. The highest BCUT2D eigenvalue weighted by Gasteiger charge is 2.42. The Balaban J connectivity index is 2.39. The smallest absolute Gasteiger partial charge is 0.329 e. The van der Waals surface area contributed by atoms with Crippen molar-refractivity contribution in [2.45, 2.75) is 57.5 Å². The van der Waals surface area contributed by atoms with E-state index in [4.69, 9.17) is 0 Å². The Bertz CT molecular complexity index is 378. The maximum atomic E-state index is 11.7. The molecule has 3 amide bonds. The second-order valence-electron chi connectivity index (χ2n) is 5.28. The zero-order valence-electron chi connectivity index (χ0n) is 12.0. The number of aliphatic carboxylic acids is 1. The summed E-state index contributed by atoms with van der Waals surface area (Å²) in [6, 6.07) is -0.568. The van der Waals surface area contributed by atoms with Gasteiger partial charge < -0.3 is 21.1 Å². The second kappa shape index (κ2) is 7.12. The Morgan fingerprint density at radius 1 is 1.25 bits per heavy atom. The van der Waals surface area contributed by atoms with Gasteiger partial charge in [-0.2, -0.15) is 0 Å². The van der Waals surface area contributed by atoms with E-state index < -0.39 is 17.5 Å². The molecule has 7 nitrogen and oxygen atoms in total. The van der Waals surface area contributed by atoms with Crippen molar-refractivity contribution in [1.82, 2.24) is 16.0 Å². The summed E-state index contributed by atoms with van der Waals surface area (Å²) in [5.41, 5.74) is -1.18. The first kappa shape index (κ1) is 16.3. The molecule has 0 bridgehead atoms. The molecule has 0 aromatic rings. The minimum Gasteiger partial charge on any atom is -0.480 e. The van der Waals surface area contributed by atoms with Gasteiger partial charge in [-0.3, -0.25) is 4.79 Å². The van der Waals surface area contributed by atoms with Gasteiger partial charge in [0.25, 0.3) is 0 Å². The SMILES string of the molecule is CCC(C)NC(=O)CNC(=O)NC1(C(=O)O)CCCC1. The van der Waals surface area contributed by atoms with Crippen LogP contribution in [0.2, 0.25) is 0 Å². The number of amides is 3. The molecule has 0 aliphatic heterocycles. The number of rotatable bonds is 6. The number of carboxylic acid groups (broad SMARTS) is 1. The molecule has 1 saturated carbocycles. The number of nitrogens with one attached hydrogen (secondary N) is 3. The predicted molar refractivity (Wildman–Crippen MR) is 73.3 cm³/mol. The van der Waals surface area contributed by atoms with Crippen molar-refractivity contribution >= 4 is 17.9 Å². The monoisotopic (exact) mass is 285 g/mol. The molecular formula is C13H23N3O4. The first-order valence-electron chi connectivity index (χ1n) is 6.98. The lowest BCUT2D eigenvalue weighted by Gasteiger charge is -2.25. The third-order valence-corrected chi connectivity index (χ3v) is 3.65. The summed E-state index contributed by atoms with van der Waals surface area (Å²) in [5.74, 6) is -1.31. The van der Waals surface area contributed by atoms with E-state index in [1.54, 1.807) is 0 Å². The van der Waals surface area contributed by atoms with Gasteiger partial charge in [0.15, 0.2) is 0 Å². The molecule has 0 heterocycles. The Hall–Kier alpha value is -1.79. The average molecular weight is 285 g/mol. The fourth-order valence-electron chi connectivity index (χ4n) is 2.22. The zero-order valence-corrected chi connectivity index (χ0v) is 12.0. The molecule has 20 heavy (non-hydrogen) atoms. The summed E-state index contributed by atoms with van der Waals surface area (Å²) >= 11 is 0. The van der Waals surface area contributed by atoms with Crippen molar-refractivity contribution in [1.29, 1.82) is 0 Å². The van der Waals surface area contributed by atoms with Crippen molar-refractivity contribution < 1.29 is 19.5 Å². The van der Waals surface area contributed by atoms with Gasteiger partial charge in [-0.05, 0) is 26.2 Å². The molecular weight excluding hydrogens is 262 g/mol. The van der Waals surface area contributed by atoms with Crippen LogP contribution in [0.15, 0.2) is 0 Å². The number of carboxylic acids is 1. The highest BCUT2D eigenvalue weighted by atomic mass is 16.4. The van der Waals surface area contributed by atoms with Crippen LogP contribution in [0.25, 0.3) is 0 Å². The highest BCUT2D eigenvalue weighted by Crippen LogP contribution is 2.29. The molecule has 1 rings (SSSR count). The van der Waals surface area contributed by atoms with Crippen LogP contribution in [-0.4, -0.2) is 41.1 Å². The van der Waals surface area contributed by atoms with Crippen LogP contribution < -0.4 is 16.0 Å². The summed E-state index contributed by atoms with van der Waals surface area (Å²) in [7, 11) is 0. The number of carbonyl (C=O) groups is 3. The molecule has 7 heteroatoms. The van der Waals surface area contributed by atoms with Gasteiger partial charge in [-0.25, -0.2) is 9.59 Å².